The molecule has 0 bridgehead atoms. The molecule has 1 heterocycles. The molecule has 2 N–H and O–H groups in total. The quantitative estimate of drug-likeness (QED) is 0.867. The molecule has 1 aromatic carbocycles. The fourth-order valence-electron chi connectivity index (χ4n) is 1.89. The maximum atomic E-state index is 13.7. The van der Waals surface area contributed by atoms with Gasteiger partial charge in [-0.05, 0) is 37.6 Å². The summed E-state index contributed by atoms with van der Waals surface area (Å²) < 4.78 is 27.2. The van der Waals surface area contributed by atoms with Gasteiger partial charge in [0, 0.05) is 5.92 Å². The van der Waals surface area contributed by atoms with Gasteiger partial charge >= 0.3 is 0 Å². The van der Waals surface area contributed by atoms with Crippen LogP contribution in [-0.4, -0.2) is 19.0 Å². The van der Waals surface area contributed by atoms with Crippen LogP contribution in [0.2, 0.25) is 0 Å². The summed E-state index contributed by atoms with van der Waals surface area (Å²) in [5, 5.41) is 5.42. The van der Waals surface area contributed by atoms with Gasteiger partial charge in [0.2, 0.25) is 5.91 Å². The first kappa shape index (κ1) is 13.0. The van der Waals surface area contributed by atoms with Gasteiger partial charge in [0.1, 0.15) is 11.5 Å². The van der Waals surface area contributed by atoms with Crippen molar-refractivity contribution in [2.24, 2.45) is 11.8 Å². The summed E-state index contributed by atoms with van der Waals surface area (Å²) >= 11 is 0. The Morgan fingerprint density at radius 3 is 2.67 bits per heavy atom. The fourth-order valence-corrected chi connectivity index (χ4v) is 1.89. The van der Waals surface area contributed by atoms with Crippen molar-refractivity contribution in [3.63, 3.8) is 0 Å². The molecule has 0 aromatic heterocycles. The van der Waals surface area contributed by atoms with Crippen LogP contribution in [0.25, 0.3) is 0 Å². The second-order valence-corrected chi connectivity index (χ2v) is 4.75. The van der Waals surface area contributed by atoms with Gasteiger partial charge in [-0.2, -0.15) is 0 Å². The summed E-state index contributed by atoms with van der Waals surface area (Å²) in [4.78, 5) is 11.9. The maximum Gasteiger partial charge on any atom is 0.227 e. The Balaban J connectivity index is 2.13. The van der Waals surface area contributed by atoms with Gasteiger partial charge < -0.3 is 10.6 Å². The molecule has 0 saturated carbocycles. The monoisotopic (exact) mass is 254 g/mol. The molecule has 0 radical (unpaired) electrons. The summed E-state index contributed by atoms with van der Waals surface area (Å²) in [5.74, 6) is -1.82. The van der Waals surface area contributed by atoms with Gasteiger partial charge in [0.05, 0.1) is 0 Å². The standard InChI is InChI=1S/C13H16F2N2O/c1-7-3-4-10(14)12(11(7)15)17-13(18)8(2)9-5-16-6-9/h3-4,8-9,16H,5-6H2,1-2H3,(H,17,18). The van der Waals surface area contributed by atoms with E-state index >= 15 is 0 Å². The van der Waals surface area contributed by atoms with Crippen LogP contribution in [0.4, 0.5) is 14.5 Å². The van der Waals surface area contributed by atoms with Crippen molar-refractivity contribution in [3.8, 4) is 0 Å². The Labute approximate surface area is 105 Å². The summed E-state index contributed by atoms with van der Waals surface area (Å²) in [6, 6.07) is 2.50. The third kappa shape index (κ3) is 2.36. The van der Waals surface area contributed by atoms with E-state index in [-0.39, 0.29) is 23.4 Å². The summed E-state index contributed by atoms with van der Waals surface area (Å²) in [6.45, 7) is 4.84. The molecule has 1 aliphatic rings. The Kier molecular flexibility index (Phi) is 3.61. The molecule has 0 spiro atoms. The van der Waals surface area contributed by atoms with Crippen molar-refractivity contribution in [1.82, 2.24) is 5.32 Å². The van der Waals surface area contributed by atoms with Crippen molar-refractivity contribution in [3.05, 3.63) is 29.3 Å². The minimum absolute atomic E-state index is 0.237. The highest BCUT2D eigenvalue weighted by atomic mass is 19.1. The molecule has 5 heteroatoms. The number of hydrogen-bond donors (Lipinski definition) is 2. The van der Waals surface area contributed by atoms with Gasteiger partial charge in [-0.15, -0.1) is 0 Å². The number of carbonyl (C=O) groups is 1. The molecule has 0 aliphatic carbocycles. The van der Waals surface area contributed by atoms with Gasteiger partial charge in [-0.1, -0.05) is 13.0 Å². The number of anilines is 1. The van der Waals surface area contributed by atoms with Crippen LogP contribution in [-0.2, 0) is 4.79 Å². The van der Waals surface area contributed by atoms with Crippen molar-refractivity contribution in [1.29, 1.82) is 0 Å². The normalized spacial score (nSPS) is 17.1. The number of amides is 1. The van der Waals surface area contributed by atoms with Gasteiger partial charge in [-0.25, -0.2) is 8.78 Å². The predicted octanol–water partition coefficient (Wildman–Crippen LogP) is 2.07. The van der Waals surface area contributed by atoms with Crippen molar-refractivity contribution < 1.29 is 13.6 Å². The van der Waals surface area contributed by atoms with Gasteiger partial charge in [-0.3, -0.25) is 4.79 Å². The molecule has 18 heavy (non-hydrogen) atoms. The smallest absolute Gasteiger partial charge is 0.227 e. The third-order valence-corrected chi connectivity index (χ3v) is 3.47. The average Bonchev–Trinajstić information content (AvgIpc) is 2.27. The molecular weight excluding hydrogens is 238 g/mol. The second-order valence-electron chi connectivity index (χ2n) is 4.75. The first-order valence-corrected chi connectivity index (χ1v) is 5.97. The molecular formula is C13H16F2N2O. The molecule has 1 aromatic rings. The van der Waals surface area contributed by atoms with Crippen LogP contribution in [0.5, 0.6) is 0 Å². The maximum absolute atomic E-state index is 13.7. The lowest BCUT2D eigenvalue weighted by molar-refractivity contribution is -0.121. The fraction of sp³-hybridized carbons (Fsp3) is 0.462. The molecule has 1 fully saturated rings. The highest BCUT2D eigenvalue weighted by Gasteiger charge is 2.29. The number of aryl methyl sites for hydroxylation is 1. The molecule has 3 nitrogen and oxygen atoms in total. The zero-order chi connectivity index (χ0) is 13.3. The van der Waals surface area contributed by atoms with Gasteiger partial charge in [0.25, 0.3) is 0 Å². The lowest BCUT2D eigenvalue weighted by Crippen LogP contribution is -2.48. The van der Waals surface area contributed by atoms with Crippen LogP contribution < -0.4 is 10.6 Å². The van der Waals surface area contributed by atoms with E-state index < -0.39 is 11.6 Å². The van der Waals surface area contributed by atoms with Crippen molar-refractivity contribution >= 4 is 11.6 Å². The van der Waals surface area contributed by atoms with E-state index in [0.29, 0.717) is 5.56 Å². The van der Waals surface area contributed by atoms with Crippen LogP contribution in [0.1, 0.15) is 12.5 Å². The van der Waals surface area contributed by atoms with E-state index in [9.17, 15) is 13.6 Å². The molecule has 1 atom stereocenters. The number of nitrogens with one attached hydrogen (secondary N) is 2. The largest absolute Gasteiger partial charge is 0.321 e. The Morgan fingerprint density at radius 2 is 2.11 bits per heavy atom. The van der Waals surface area contributed by atoms with E-state index in [1.165, 1.54) is 13.0 Å². The zero-order valence-electron chi connectivity index (χ0n) is 10.4. The molecule has 98 valence electrons. The summed E-state index contributed by atoms with van der Waals surface area (Å²) in [5.41, 5.74) is -0.0382. The van der Waals surface area contributed by atoms with E-state index in [0.717, 1.165) is 19.2 Å². The van der Waals surface area contributed by atoms with E-state index in [2.05, 4.69) is 10.6 Å². The van der Waals surface area contributed by atoms with E-state index in [4.69, 9.17) is 0 Å². The number of benzene rings is 1. The van der Waals surface area contributed by atoms with Crippen molar-refractivity contribution in [2.45, 2.75) is 13.8 Å². The first-order chi connectivity index (χ1) is 8.50. The SMILES string of the molecule is Cc1ccc(F)c(NC(=O)C(C)C2CNC2)c1F. The molecule has 1 saturated heterocycles. The molecule has 1 amide bonds. The lowest BCUT2D eigenvalue weighted by Gasteiger charge is -2.31. The average molecular weight is 254 g/mol. The van der Waals surface area contributed by atoms with E-state index in [1.54, 1.807) is 6.92 Å². The van der Waals surface area contributed by atoms with Crippen LogP contribution in [0, 0.1) is 30.4 Å². The summed E-state index contributed by atoms with van der Waals surface area (Å²) in [6.07, 6.45) is 0. The Morgan fingerprint density at radius 1 is 1.44 bits per heavy atom. The zero-order valence-corrected chi connectivity index (χ0v) is 10.4. The number of carbonyl (C=O) groups excluding carboxylic acids is 1. The first-order valence-electron chi connectivity index (χ1n) is 5.97. The predicted molar refractivity (Wildman–Crippen MR) is 65.2 cm³/mol. The van der Waals surface area contributed by atoms with Gasteiger partial charge in [0.15, 0.2) is 5.82 Å². The highest BCUT2D eigenvalue weighted by Crippen LogP contribution is 2.24. The highest BCUT2D eigenvalue weighted by molar-refractivity contribution is 5.93. The Hall–Kier alpha value is -1.49. The lowest BCUT2D eigenvalue weighted by atomic mass is 9.88. The molecule has 1 aliphatic heterocycles. The minimum atomic E-state index is -0.745. The molecule has 1 unspecified atom stereocenters. The second kappa shape index (κ2) is 5.02. The topological polar surface area (TPSA) is 41.1 Å². The third-order valence-electron chi connectivity index (χ3n) is 3.47. The Bertz CT molecular complexity index is 472. The van der Waals surface area contributed by atoms with Crippen LogP contribution >= 0.6 is 0 Å². The molecule has 2 rings (SSSR count). The summed E-state index contributed by atoms with van der Waals surface area (Å²) in [7, 11) is 0. The van der Waals surface area contributed by atoms with Crippen LogP contribution in [0.15, 0.2) is 12.1 Å². The van der Waals surface area contributed by atoms with E-state index in [1.807, 2.05) is 0 Å². The number of halogens is 2. The number of hydrogen-bond acceptors (Lipinski definition) is 2. The number of rotatable bonds is 3. The van der Waals surface area contributed by atoms with Crippen LogP contribution in [0.3, 0.4) is 0 Å². The van der Waals surface area contributed by atoms with Crippen molar-refractivity contribution in [2.75, 3.05) is 18.4 Å². The minimum Gasteiger partial charge on any atom is -0.321 e.